The number of ether oxygens (including phenoxy) is 1. The van der Waals surface area contributed by atoms with E-state index >= 15 is 0 Å². The summed E-state index contributed by atoms with van der Waals surface area (Å²) in [5.74, 6) is -0.0434. The first kappa shape index (κ1) is 19.9. The molecule has 2 aromatic carbocycles. The Kier molecular flexibility index (Phi) is 6.66. The van der Waals surface area contributed by atoms with Gasteiger partial charge in [0.25, 0.3) is 5.91 Å². The van der Waals surface area contributed by atoms with Crippen LogP contribution in [0.25, 0.3) is 0 Å². The number of nitrogens with one attached hydrogen (secondary N) is 1. The van der Waals surface area contributed by atoms with Gasteiger partial charge in [-0.25, -0.2) is 0 Å². The first-order valence-corrected chi connectivity index (χ1v) is 9.57. The second-order valence-corrected chi connectivity index (χ2v) is 7.06. The van der Waals surface area contributed by atoms with Crippen molar-refractivity contribution < 1.29 is 14.3 Å². The van der Waals surface area contributed by atoms with Crippen LogP contribution in [-0.2, 0) is 16.0 Å². The molecular formula is C22H27N3O3. The molecule has 0 atom stereocenters. The monoisotopic (exact) mass is 381 g/mol. The minimum atomic E-state index is -0.0241. The predicted molar refractivity (Wildman–Crippen MR) is 111 cm³/mol. The van der Waals surface area contributed by atoms with Gasteiger partial charge in [0.05, 0.1) is 24.6 Å². The third-order valence-electron chi connectivity index (χ3n) is 4.78. The summed E-state index contributed by atoms with van der Waals surface area (Å²) in [5.41, 5.74) is 3.55. The molecule has 0 radical (unpaired) electrons. The number of para-hydroxylation sites is 2. The van der Waals surface area contributed by atoms with Gasteiger partial charge >= 0.3 is 0 Å². The summed E-state index contributed by atoms with van der Waals surface area (Å²) in [7, 11) is 3.46. The van der Waals surface area contributed by atoms with E-state index in [1.807, 2.05) is 48.5 Å². The summed E-state index contributed by atoms with van der Waals surface area (Å²) in [6, 6.07) is 15.3. The highest BCUT2D eigenvalue weighted by Crippen LogP contribution is 2.26. The van der Waals surface area contributed by atoms with E-state index in [9.17, 15) is 9.59 Å². The summed E-state index contributed by atoms with van der Waals surface area (Å²) in [6.45, 7) is 3.05. The molecule has 1 fully saturated rings. The van der Waals surface area contributed by atoms with Gasteiger partial charge in [-0.3, -0.25) is 9.59 Å². The van der Waals surface area contributed by atoms with Crippen LogP contribution in [0.5, 0.6) is 0 Å². The summed E-state index contributed by atoms with van der Waals surface area (Å²) in [5, 5.41) is 3.04. The highest BCUT2D eigenvalue weighted by atomic mass is 16.5. The van der Waals surface area contributed by atoms with Crippen LogP contribution in [0.15, 0.2) is 48.5 Å². The zero-order valence-electron chi connectivity index (χ0n) is 16.5. The van der Waals surface area contributed by atoms with Crippen LogP contribution < -0.4 is 10.2 Å². The van der Waals surface area contributed by atoms with E-state index < -0.39 is 0 Å². The number of benzene rings is 2. The fourth-order valence-electron chi connectivity index (χ4n) is 3.20. The smallest absolute Gasteiger partial charge is 0.253 e. The van der Waals surface area contributed by atoms with Crippen LogP contribution in [0.1, 0.15) is 22.3 Å². The first-order chi connectivity index (χ1) is 13.5. The van der Waals surface area contributed by atoms with Crippen molar-refractivity contribution in [2.75, 3.05) is 50.6 Å². The molecule has 6 heteroatoms. The van der Waals surface area contributed by atoms with E-state index in [0.717, 1.165) is 30.0 Å². The Morgan fingerprint density at radius 1 is 1.04 bits per heavy atom. The van der Waals surface area contributed by atoms with E-state index in [-0.39, 0.29) is 11.8 Å². The van der Waals surface area contributed by atoms with Gasteiger partial charge in [0.2, 0.25) is 5.91 Å². The van der Waals surface area contributed by atoms with E-state index in [0.29, 0.717) is 31.6 Å². The maximum atomic E-state index is 12.5. The van der Waals surface area contributed by atoms with Crippen LogP contribution in [0, 0.1) is 0 Å². The summed E-state index contributed by atoms with van der Waals surface area (Å²) in [6.07, 6.45) is 1.01. The van der Waals surface area contributed by atoms with Gasteiger partial charge in [-0.1, -0.05) is 24.3 Å². The van der Waals surface area contributed by atoms with Gasteiger partial charge in [0.15, 0.2) is 0 Å². The largest absolute Gasteiger partial charge is 0.378 e. The van der Waals surface area contributed by atoms with Crippen molar-refractivity contribution in [2.24, 2.45) is 0 Å². The molecule has 2 amide bonds. The minimum absolute atomic E-state index is 0.0193. The Morgan fingerprint density at radius 2 is 1.71 bits per heavy atom. The lowest BCUT2D eigenvalue weighted by Gasteiger charge is -2.30. The molecule has 1 saturated heterocycles. The molecule has 3 rings (SSSR count). The van der Waals surface area contributed by atoms with Crippen LogP contribution >= 0.6 is 0 Å². The van der Waals surface area contributed by atoms with Gasteiger partial charge in [-0.15, -0.1) is 0 Å². The summed E-state index contributed by atoms with van der Waals surface area (Å²) < 4.78 is 5.41. The first-order valence-electron chi connectivity index (χ1n) is 9.57. The maximum Gasteiger partial charge on any atom is 0.253 e. The standard InChI is InChI=1S/C22H27N3O3/c1-24(2)22(27)18-10-7-17(8-11-18)9-12-21(26)23-19-5-3-4-6-20(19)25-13-15-28-16-14-25/h3-8,10-11H,9,12-16H2,1-2H3,(H,23,26). The fourth-order valence-corrected chi connectivity index (χ4v) is 3.20. The Morgan fingerprint density at radius 3 is 2.39 bits per heavy atom. The number of carbonyl (C=O) groups is 2. The van der Waals surface area contributed by atoms with Crippen molar-refractivity contribution in [3.05, 3.63) is 59.7 Å². The molecular weight excluding hydrogens is 354 g/mol. The van der Waals surface area contributed by atoms with E-state index in [2.05, 4.69) is 10.2 Å². The quantitative estimate of drug-likeness (QED) is 0.836. The summed E-state index contributed by atoms with van der Waals surface area (Å²) in [4.78, 5) is 28.2. The number of carbonyl (C=O) groups excluding carboxylic acids is 2. The second kappa shape index (κ2) is 9.37. The molecule has 148 valence electrons. The molecule has 0 aromatic heterocycles. The van der Waals surface area contributed by atoms with Crippen LogP contribution in [0.4, 0.5) is 11.4 Å². The van der Waals surface area contributed by atoms with Crippen molar-refractivity contribution in [2.45, 2.75) is 12.8 Å². The van der Waals surface area contributed by atoms with E-state index in [1.165, 1.54) is 0 Å². The molecule has 0 saturated carbocycles. The lowest BCUT2D eigenvalue weighted by Crippen LogP contribution is -2.36. The zero-order valence-corrected chi connectivity index (χ0v) is 16.5. The van der Waals surface area contributed by atoms with Crippen molar-refractivity contribution in [1.29, 1.82) is 0 Å². The SMILES string of the molecule is CN(C)C(=O)c1ccc(CCC(=O)Nc2ccccc2N2CCOCC2)cc1. The Balaban J connectivity index is 1.57. The van der Waals surface area contributed by atoms with Crippen molar-refractivity contribution >= 4 is 23.2 Å². The van der Waals surface area contributed by atoms with Crippen LogP contribution in [0.3, 0.4) is 0 Å². The molecule has 1 N–H and O–H groups in total. The average Bonchev–Trinajstić information content (AvgIpc) is 2.73. The molecule has 1 heterocycles. The van der Waals surface area contributed by atoms with E-state index in [4.69, 9.17) is 4.74 Å². The van der Waals surface area contributed by atoms with Gasteiger partial charge in [0.1, 0.15) is 0 Å². The average molecular weight is 381 g/mol. The number of aryl methyl sites for hydroxylation is 1. The molecule has 2 aromatic rings. The van der Waals surface area contributed by atoms with Crippen molar-refractivity contribution in [3.63, 3.8) is 0 Å². The van der Waals surface area contributed by atoms with Crippen molar-refractivity contribution in [1.82, 2.24) is 4.90 Å². The molecule has 1 aliphatic heterocycles. The topological polar surface area (TPSA) is 61.9 Å². The number of rotatable bonds is 6. The summed E-state index contributed by atoms with van der Waals surface area (Å²) >= 11 is 0. The van der Waals surface area contributed by atoms with Gasteiger partial charge in [-0.2, -0.15) is 0 Å². The molecule has 0 unspecified atom stereocenters. The second-order valence-electron chi connectivity index (χ2n) is 7.06. The van der Waals surface area contributed by atoms with Gasteiger partial charge < -0.3 is 19.9 Å². The fraction of sp³-hybridized carbons (Fsp3) is 0.364. The van der Waals surface area contributed by atoms with E-state index in [1.54, 1.807) is 19.0 Å². The zero-order chi connectivity index (χ0) is 19.9. The maximum absolute atomic E-state index is 12.5. The van der Waals surface area contributed by atoms with Crippen molar-refractivity contribution in [3.8, 4) is 0 Å². The molecule has 0 spiro atoms. The number of amides is 2. The van der Waals surface area contributed by atoms with Gasteiger partial charge in [-0.05, 0) is 36.2 Å². The Labute approximate surface area is 166 Å². The number of hydrogen-bond acceptors (Lipinski definition) is 4. The normalized spacial score (nSPS) is 13.9. The molecule has 0 aliphatic carbocycles. The third-order valence-corrected chi connectivity index (χ3v) is 4.78. The predicted octanol–water partition coefficient (Wildman–Crippen LogP) is 2.80. The Hall–Kier alpha value is -2.86. The highest BCUT2D eigenvalue weighted by molar-refractivity contribution is 5.95. The van der Waals surface area contributed by atoms with Gasteiger partial charge in [0, 0.05) is 39.2 Å². The third kappa shape index (κ3) is 5.10. The number of morpholine rings is 1. The number of hydrogen-bond donors (Lipinski definition) is 1. The van der Waals surface area contributed by atoms with Crippen LogP contribution in [0.2, 0.25) is 0 Å². The number of nitrogens with zero attached hydrogens (tertiary/aromatic N) is 2. The minimum Gasteiger partial charge on any atom is -0.378 e. The molecule has 28 heavy (non-hydrogen) atoms. The lowest BCUT2D eigenvalue weighted by atomic mass is 10.1. The molecule has 0 bridgehead atoms. The lowest BCUT2D eigenvalue weighted by molar-refractivity contribution is -0.116. The highest BCUT2D eigenvalue weighted by Gasteiger charge is 2.15. The van der Waals surface area contributed by atoms with Crippen LogP contribution in [-0.4, -0.2) is 57.1 Å². The molecule has 6 nitrogen and oxygen atoms in total. The molecule has 1 aliphatic rings. The number of anilines is 2. The Bertz CT molecular complexity index is 812.